The van der Waals surface area contributed by atoms with Gasteiger partial charge in [0.1, 0.15) is 0 Å². The summed E-state index contributed by atoms with van der Waals surface area (Å²) in [5, 5.41) is 1.37. The van der Waals surface area contributed by atoms with Gasteiger partial charge >= 0.3 is 0 Å². The SMILES string of the molecule is C=C(C)Cn1c(SCc2cccc(Br)c2)nc2ccccc2c1=O. The zero-order valence-electron chi connectivity index (χ0n) is 13.3. The molecule has 0 fully saturated rings. The Hall–Kier alpha value is -1.85. The largest absolute Gasteiger partial charge is 0.283 e. The van der Waals surface area contributed by atoms with Crippen molar-refractivity contribution in [1.82, 2.24) is 9.55 Å². The Balaban J connectivity index is 2.01. The molecule has 0 saturated carbocycles. The lowest BCUT2D eigenvalue weighted by Crippen LogP contribution is -2.23. The summed E-state index contributed by atoms with van der Waals surface area (Å²) in [4.78, 5) is 17.5. The Morgan fingerprint density at radius 3 is 2.79 bits per heavy atom. The van der Waals surface area contributed by atoms with E-state index in [1.165, 1.54) is 5.56 Å². The van der Waals surface area contributed by atoms with E-state index in [1.807, 2.05) is 43.3 Å². The van der Waals surface area contributed by atoms with E-state index in [4.69, 9.17) is 4.98 Å². The number of allylic oxidation sites excluding steroid dienone is 1. The van der Waals surface area contributed by atoms with Gasteiger partial charge in [-0.3, -0.25) is 9.36 Å². The highest BCUT2D eigenvalue weighted by Gasteiger charge is 2.11. The molecule has 5 heteroatoms. The summed E-state index contributed by atoms with van der Waals surface area (Å²) in [6.45, 7) is 6.34. The molecule has 0 N–H and O–H groups in total. The van der Waals surface area contributed by atoms with Crippen LogP contribution in [0.5, 0.6) is 0 Å². The van der Waals surface area contributed by atoms with E-state index in [2.05, 4.69) is 34.6 Å². The van der Waals surface area contributed by atoms with Crippen LogP contribution >= 0.6 is 27.7 Å². The van der Waals surface area contributed by atoms with Crippen molar-refractivity contribution in [3.05, 3.63) is 81.1 Å². The summed E-state index contributed by atoms with van der Waals surface area (Å²) >= 11 is 5.06. The van der Waals surface area contributed by atoms with Crippen LogP contribution in [0.25, 0.3) is 10.9 Å². The van der Waals surface area contributed by atoms with E-state index in [9.17, 15) is 4.79 Å². The topological polar surface area (TPSA) is 34.9 Å². The first kappa shape index (κ1) is 17.0. The molecule has 1 heterocycles. The molecule has 0 bridgehead atoms. The molecule has 0 aliphatic heterocycles. The van der Waals surface area contributed by atoms with E-state index >= 15 is 0 Å². The number of nitrogens with zero attached hydrogens (tertiary/aromatic N) is 2. The van der Waals surface area contributed by atoms with E-state index in [-0.39, 0.29) is 5.56 Å². The summed E-state index contributed by atoms with van der Waals surface area (Å²) in [5.41, 5.74) is 2.83. The fraction of sp³-hybridized carbons (Fsp3) is 0.158. The summed E-state index contributed by atoms with van der Waals surface area (Å²) in [5.74, 6) is 0.750. The molecule has 0 unspecified atom stereocenters. The monoisotopic (exact) mass is 400 g/mol. The first-order valence-corrected chi connectivity index (χ1v) is 9.33. The molecule has 0 spiro atoms. The van der Waals surface area contributed by atoms with E-state index in [1.54, 1.807) is 16.3 Å². The van der Waals surface area contributed by atoms with Crippen molar-refractivity contribution >= 4 is 38.6 Å². The molecule has 0 aliphatic rings. The third-order valence-electron chi connectivity index (χ3n) is 3.51. The Labute approximate surface area is 153 Å². The molecule has 1 aromatic heterocycles. The number of rotatable bonds is 5. The highest BCUT2D eigenvalue weighted by Crippen LogP contribution is 2.24. The molecule has 0 aliphatic carbocycles. The molecule has 3 nitrogen and oxygen atoms in total. The van der Waals surface area contributed by atoms with Gasteiger partial charge in [0.05, 0.1) is 10.9 Å². The highest BCUT2D eigenvalue weighted by molar-refractivity contribution is 9.10. The van der Waals surface area contributed by atoms with Crippen LogP contribution in [0.15, 0.2) is 75.1 Å². The second-order valence-electron chi connectivity index (χ2n) is 5.68. The maximum Gasteiger partial charge on any atom is 0.262 e. The van der Waals surface area contributed by atoms with E-state index < -0.39 is 0 Å². The van der Waals surface area contributed by atoms with Gasteiger partial charge in [0, 0.05) is 16.8 Å². The van der Waals surface area contributed by atoms with Crippen LogP contribution in [0.4, 0.5) is 0 Å². The van der Waals surface area contributed by atoms with Crippen LogP contribution in [0.2, 0.25) is 0 Å². The fourth-order valence-electron chi connectivity index (χ4n) is 2.44. The number of hydrogen-bond donors (Lipinski definition) is 0. The molecular weight excluding hydrogens is 384 g/mol. The lowest BCUT2D eigenvalue weighted by Gasteiger charge is -2.13. The number of fused-ring (bicyclic) bond motifs is 1. The van der Waals surface area contributed by atoms with Crippen molar-refractivity contribution in [2.24, 2.45) is 0 Å². The second kappa shape index (κ2) is 7.36. The summed E-state index contributed by atoms with van der Waals surface area (Å²) in [6.07, 6.45) is 0. The third-order valence-corrected chi connectivity index (χ3v) is 5.05. The fourth-order valence-corrected chi connectivity index (χ4v) is 3.83. The van der Waals surface area contributed by atoms with Crippen LogP contribution in [0.3, 0.4) is 0 Å². The van der Waals surface area contributed by atoms with Crippen molar-refractivity contribution in [3.8, 4) is 0 Å². The van der Waals surface area contributed by atoms with Gasteiger partial charge in [0.15, 0.2) is 5.16 Å². The lowest BCUT2D eigenvalue weighted by atomic mass is 10.2. The predicted octanol–water partition coefficient (Wildman–Crippen LogP) is 5.03. The molecule has 24 heavy (non-hydrogen) atoms. The summed E-state index contributed by atoms with van der Waals surface area (Å²) in [7, 11) is 0. The minimum absolute atomic E-state index is 0.0136. The average Bonchev–Trinajstić information content (AvgIpc) is 2.56. The van der Waals surface area contributed by atoms with Crippen LogP contribution in [-0.2, 0) is 12.3 Å². The third kappa shape index (κ3) is 3.79. The average molecular weight is 401 g/mol. The molecule has 0 amide bonds. The number of hydrogen-bond acceptors (Lipinski definition) is 3. The van der Waals surface area contributed by atoms with Gasteiger partial charge in [0.2, 0.25) is 0 Å². The maximum atomic E-state index is 12.8. The first-order valence-electron chi connectivity index (χ1n) is 7.56. The van der Waals surface area contributed by atoms with E-state index in [0.29, 0.717) is 11.9 Å². The number of aromatic nitrogens is 2. The van der Waals surface area contributed by atoms with Gasteiger partial charge in [-0.05, 0) is 36.8 Å². The van der Waals surface area contributed by atoms with Gasteiger partial charge in [-0.2, -0.15) is 0 Å². The first-order chi connectivity index (χ1) is 11.5. The molecule has 122 valence electrons. The lowest BCUT2D eigenvalue weighted by molar-refractivity contribution is 0.651. The quantitative estimate of drug-likeness (QED) is 0.342. The summed E-state index contributed by atoms with van der Waals surface area (Å²) < 4.78 is 2.76. The predicted molar refractivity (Wildman–Crippen MR) is 105 cm³/mol. The minimum atomic E-state index is -0.0136. The number of thioether (sulfide) groups is 1. The van der Waals surface area contributed by atoms with Crippen molar-refractivity contribution in [2.75, 3.05) is 0 Å². The summed E-state index contributed by atoms with van der Waals surface area (Å²) in [6, 6.07) is 15.6. The number of para-hydroxylation sites is 1. The van der Waals surface area contributed by atoms with Crippen LogP contribution in [-0.4, -0.2) is 9.55 Å². The van der Waals surface area contributed by atoms with Crippen molar-refractivity contribution in [1.29, 1.82) is 0 Å². The van der Waals surface area contributed by atoms with Gasteiger partial charge < -0.3 is 0 Å². The second-order valence-corrected chi connectivity index (χ2v) is 7.54. The Kier molecular flexibility index (Phi) is 5.21. The minimum Gasteiger partial charge on any atom is -0.283 e. The Morgan fingerprint density at radius 2 is 2.04 bits per heavy atom. The number of benzene rings is 2. The molecule has 0 saturated heterocycles. The maximum absolute atomic E-state index is 12.8. The molecule has 2 aromatic carbocycles. The normalized spacial score (nSPS) is 10.9. The van der Waals surface area contributed by atoms with Gasteiger partial charge in [0.25, 0.3) is 5.56 Å². The molecular formula is C19H17BrN2OS. The van der Waals surface area contributed by atoms with Gasteiger partial charge in [-0.1, -0.05) is 64.1 Å². The number of halogens is 1. The van der Waals surface area contributed by atoms with Gasteiger partial charge in [-0.15, -0.1) is 0 Å². The zero-order chi connectivity index (χ0) is 17.1. The molecule has 0 atom stereocenters. The van der Waals surface area contributed by atoms with Crippen molar-refractivity contribution < 1.29 is 0 Å². The van der Waals surface area contributed by atoms with Crippen LogP contribution in [0, 0.1) is 0 Å². The Morgan fingerprint density at radius 1 is 1.25 bits per heavy atom. The standard InChI is InChI=1S/C19H17BrN2OS/c1-13(2)11-22-18(23)16-8-3-4-9-17(16)21-19(22)24-12-14-6-5-7-15(20)10-14/h3-10H,1,11-12H2,2H3. The highest BCUT2D eigenvalue weighted by atomic mass is 79.9. The van der Waals surface area contributed by atoms with Crippen LogP contribution < -0.4 is 5.56 Å². The smallest absolute Gasteiger partial charge is 0.262 e. The Bertz CT molecular complexity index is 965. The van der Waals surface area contributed by atoms with E-state index in [0.717, 1.165) is 26.5 Å². The molecule has 0 radical (unpaired) electrons. The zero-order valence-corrected chi connectivity index (χ0v) is 15.7. The molecule has 3 rings (SSSR count). The van der Waals surface area contributed by atoms with Gasteiger partial charge in [-0.25, -0.2) is 4.98 Å². The molecule has 3 aromatic rings. The van der Waals surface area contributed by atoms with Crippen molar-refractivity contribution in [3.63, 3.8) is 0 Å². The van der Waals surface area contributed by atoms with Crippen molar-refractivity contribution in [2.45, 2.75) is 24.4 Å². The van der Waals surface area contributed by atoms with Crippen LogP contribution in [0.1, 0.15) is 12.5 Å².